The first-order chi connectivity index (χ1) is 10.5. The summed E-state index contributed by atoms with van der Waals surface area (Å²) in [5.74, 6) is 1.49. The van der Waals surface area contributed by atoms with Crippen molar-refractivity contribution < 1.29 is 14.3 Å². The third-order valence-corrected chi connectivity index (χ3v) is 3.96. The van der Waals surface area contributed by atoms with Gasteiger partial charge in [-0.15, -0.1) is 0 Å². The number of hydrogen-bond donors (Lipinski definition) is 0. The molecule has 1 aliphatic heterocycles. The van der Waals surface area contributed by atoms with Gasteiger partial charge in [0, 0.05) is 37.3 Å². The summed E-state index contributed by atoms with van der Waals surface area (Å²) in [5, 5.41) is 0. The van der Waals surface area contributed by atoms with Crippen LogP contribution in [0.5, 0.6) is 11.5 Å². The minimum Gasteiger partial charge on any atom is -0.497 e. The van der Waals surface area contributed by atoms with E-state index >= 15 is 0 Å². The third-order valence-electron chi connectivity index (χ3n) is 3.96. The van der Waals surface area contributed by atoms with Gasteiger partial charge in [0.15, 0.2) is 0 Å². The van der Waals surface area contributed by atoms with Gasteiger partial charge >= 0.3 is 0 Å². The van der Waals surface area contributed by atoms with Crippen LogP contribution in [0.4, 0.5) is 0 Å². The number of carbonyl (C=O) groups is 1. The van der Waals surface area contributed by atoms with Crippen LogP contribution in [0.3, 0.4) is 0 Å². The normalized spacial score (nSPS) is 19.5. The van der Waals surface area contributed by atoms with Gasteiger partial charge in [0.2, 0.25) is 5.91 Å². The van der Waals surface area contributed by atoms with E-state index in [2.05, 4.69) is 18.9 Å². The van der Waals surface area contributed by atoms with Gasteiger partial charge in [0.1, 0.15) is 11.5 Å². The highest BCUT2D eigenvalue weighted by Gasteiger charge is 2.24. The predicted octanol–water partition coefficient (Wildman–Crippen LogP) is 1.88. The zero-order valence-electron chi connectivity index (χ0n) is 13.7. The lowest BCUT2D eigenvalue weighted by Crippen LogP contribution is -2.52. The van der Waals surface area contributed by atoms with Crippen molar-refractivity contribution in [2.75, 3.05) is 40.9 Å². The van der Waals surface area contributed by atoms with Crippen molar-refractivity contribution in [3.63, 3.8) is 0 Å². The Morgan fingerprint density at radius 3 is 2.68 bits per heavy atom. The lowest BCUT2D eigenvalue weighted by atomic mass is 10.1. The maximum Gasteiger partial charge on any atom is 0.246 e. The number of methoxy groups -OCH3 is 2. The summed E-state index contributed by atoms with van der Waals surface area (Å²) in [6.07, 6.45) is 3.40. The molecule has 0 N–H and O–H groups in total. The van der Waals surface area contributed by atoms with Gasteiger partial charge in [-0.3, -0.25) is 4.79 Å². The van der Waals surface area contributed by atoms with Crippen LogP contribution >= 0.6 is 0 Å². The summed E-state index contributed by atoms with van der Waals surface area (Å²) in [6, 6.07) is 5.75. The average molecular weight is 304 g/mol. The molecule has 0 spiro atoms. The molecule has 1 saturated heterocycles. The zero-order chi connectivity index (χ0) is 16.1. The van der Waals surface area contributed by atoms with Crippen LogP contribution in [0, 0.1) is 0 Å². The highest BCUT2D eigenvalue weighted by Crippen LogP contribution is 2.25. The minimum atomic E-state index is 0.0328. The molecule has 2 rings (SSSR count). The molecule has 5 nitrogen and oxygen atoms in total. The fraction of sp³-hybridized carbons (Fsp3) is 0.471. The Labute approximate surface area is 132 Å². The van der Waals surface area contributed by atoms with E-state index in [0.717, 1.165) is 36.7 Å². The standard InChI is InChI=1S/C17H24N2O3/c1-13-12-18(2)9-10-19(13)17(20)8-5-14-11-15(21-3)6-7-16(14)22-4/h5-8,11,13H,9-10,12H2,1-4H3/b8-5+. The van der Waals surface area contributed by atoms with E-state index < -0.39 is 0 Å². The summed E-state index contributed by atoms with van der Waals surface area (Å²) in [5.41, 5.74) is 0.831. The van der Waals surface area contributed by atoms with Crippen molar-refractivity contribution in [3.05, 3.63) is 29.8 Å². The highest BCUT2D eigenvalue weighted by atomic mass is 16.5. The summed E-state index contributed by atoms with van der Waals surface area (Å²) in [6.45, 7) is 4.65. The second kappa shape index (κ2) is 7.31. The predicted molar refractivity (Wildman–Crippen MR) is 87.3 cm³/mol. The molecule has 0 radical (unpaired) electrons. The van der Waals surface area contributed by atoms with Crippen molar-refractivity contribution in [2.45, 2.75) is 13.0 Å². The van der Waals surface area contributed by atoms with E-state index in [1.54, 1.807) is 26.4 Å². The lowest BCUT2D eigenvalue weighted by Gasteiger charge is -2.37. The number of likely N-dealkylation sites (N-methyl/N-ethyl adjacent to an activating group) is 1. The molecule has 1 heterocycles. The van der Waals surface area contributed by atoms with Gasteiger partial charge < -0.3 is 19.3 Å². The maximum absolute atomic E-state index is 12.4. The van der Waals surface area contributed by atoms with E-state index in [4.69, 9.17) is 9.47 Å². The number of rotatable bonds is 4. The molecule has 1 fully saturated rings. The van der Waals surface area contributed by atoms with E-state index in [1.165, 1.54) is 0 Å². The molecule has 0 saturated carbocycles. The first-order valence-electron chi connectivity index (χ1n) is 7.44. The number of piperazine rings is 1. The average Bonchev–Trinajstić information content (AvgIpc) is 2.52. The van der Waals surface area contributed by atoms with E-state index in [9.17, 15) is 4.79 Å². The maximum atomic E-state index is 12.4. The quantitative estimate of drug-likeness (QED) is 0.797. The Bertz CT molecular complexity index is 557. The molecule has 5 heteroatoms. The lowest BCUT2D eigenvalue weighted by molar-refractivity contribution is -0.130. The molecule has 1 aliphatic rings. The van der Waals surface area contributed by atoms with Crippen molar-refractivity contribution in [3.8, 4) is 11.5 Å². The highest BCUT2D eigenvalue weighted by molar-refractivity contribution is 5.92. The molecule has 0 aliphatic carbocycles. The minimum absolute atomic E-state index is 0.0328. The Morgan fingerprint density at radius 2 is 2.05 bits per heavy atom. The fourth-order valence-electron chi connectivity index (χ4n) is 2.69. The number of amides is 1. The fourth-order valence-corrected chi connectivity index (χ4v) is 2.69. The summed E-state index contributed by atoms with van der Waals surface area (Å²) in [7, 11) is 5.31. The molecular formula is C17H24N2O3. The molecule has 120 valence electrons. The Morgan fingerprint density at radius 1 is 1.27 bits per heavy atom. The SMILES string of the molecule is COc1ccc(OC)c(/C=C/C(=O)N2CCN(C)CC2C)c1. The van der Waals surface area contributed by atoms with Crippen LogP contribution in [0.1, 0.15) is 12.5 Å². The van der Waals surface area contributed by atoms with E-state index in [1.807, 2.05) is 23.1 Å². The van der Waals surface area contributed by atoms with Crippen molar-refractivity contribution in [2.24, 2.45) is 0 Å². The van der Waals surface area contributed by atoms with Crippen LogP contribution in [0.2, 0.25) is 0 Å². The van der Waals surface area contributed by atoms with Crippen molar-refractivity contribution in [1.29, 1.82) is 0 Å². The number of benzene rings is 1. The first-order valence-corrected chi connectivity index (χ1v) is 7.44. The van der Waals surface area contributed by atoms with Crippen molar-refractivity contribution in [1.82, 2.24) is 9.80 Å². The van der Waals surface area contributed by atoms with Crippen molar-refractivity contribution >= 4 is 12.0 Å². The summed E-state index contributed by atoms with van der Waals surface area (Å²) in [4.78, 5) is 16.5. The van der Waals surface area contributed by atoms with Gasteiger partial charge in [-0.1, -0.05) is 0 Å². The summed E-state index contributed by atoms with van der Waals surface area (Å²) >= 11 is 0. The van der Waals surface area contributed by atoms with Gasteiger partial charge in [0.25, 0.3) is 0 Å². The molecule has 1 aromatic rings. The van der Waals surface area contributed by atoms with Crippen LogP contribution in [0.15, 0.2) is 24.3 Å². The van der Waals surface area contributed by atoms with Gasteiger partial charge in [-0.05, 0) is 38.2 Å². The van der Waals surface area contributed by atoms with Crippen LogP contribution in [-0.2, 0) is 4.79 Å². The second-order valence-electron chi connectivity index (χ2n) is 5.58. The van der Waals surface area contributed by atoms with Gasteiger partial charge in [-0.25, -0.2) is 0 Å². The number of hydrogen-bond acceptors (Lipinski definition) is 4. The largest absolute Gasteiger partial charge is 0.497 e. The smallest absolute Gasteiger partial charge is 0.246 e. The molecule has 1 atom stereocenters. The van der Waals surface area contributed by atoms with Crippen LogP contribution < -0.4 is 9.47 Å². The van der Waals surface area contributed by atoms with Crippen LogP contribution in [0.25, 0.3) is 6.08 Å². The second-order valence-corrected chi connectivity index (χ2v) is 5.58. The molecule has 0 bridgehead atoms. The molecule has 1 unspecified atom stereocenters. The van der Waals surface area contributed by atoms with E-state index in [-0.39, 0.29) is 11.9 Å². The topological polar surface area (TPSA) is 42.0 Å². The zero-order valence-corrected chi connectivity index (χ0v) is 13.7. The van der Waals surface area contributed by atoms with Gasteiger partial charge in [0.05, 0.1) is 14.2 Å². The molecular weight excluding hydrogens is 280 g/mol. The first kappa shape index (κ1) is 16.4. The van der Waals surface area contributed by atoms with E-state index in [0.29, 0.717) is 0 Å². The molecule has 22 heavy (non-hydrogen) atoms. The van der Waals surface area contributed by atoms with Crippen LogP contribution in [-0.4, -0.2) is 62.7 Å². The molecule has 1 amide bonds. The third kappa shape index (κ3) is 3.80. The number of carbonyl (C=O) groups excluding carboxylic acids is 1. The summed E-state index contributed by atoms with van der Waals surface area (Å²) < 4.78 is 10.5. The Hall–Kier alpha value is -2.01. The Kier molecular flexibility index (Phi) is 5.44. The Balaban J connectivity index is 2.12. The monoisotopic (exact) mass is 304 g/mol. The molecule has 1 aromatic carbocycles. The number of ether oxygens (including phenoxy) is 2. The van der Waals surface area contributed by atoms with Gasteiger partial charge in [-0.2, -0.15) is 0 Å². The molecule has 0 aromatic heterocycles. The number of nitrogens with zero attached hydrogens (tertiary/aromatic N) is 2.